The number of hydrogen-bond donors (Lipinski definition) is 2. The Kier molecular flexibility index (Phi) is 3.72. The largest absolute Gasteiger partial charge is 0.507 e. The Morgan fingerprint density at radius 2 is 2.00 bits per heavy atom. The van der Waals surface area contributed by atoms with Gasteiger partial charge in [-0.25, -0.2) is 0 Å². The molecule has 0 spiro atoms. The zero-order chi connectivity index (χ0) is 11.4. The molecule has 0 fully saturated rings. The van der Waals surface area contributed by atoms with Crippen molar-refractivity contribution < 1.29 is 15.0 Å². The number of phenols is 1. The molecule has 2 N–H and O–H groups in total. The molecule has 0 bridgehead atoms. The lowest BCUT2D eigenvalue weighted by Gasteiger charge is -2.08. The van der Waals surface area contributed by atoms with Crippen LogP contribution in [0.1, 0.15) is 29.5 Å². The van der Waals surface area contributed by atoms with Crippen LogP contribution in [-0.4, -0.2) is 16.2 Å². The van der Waals surface area contributed by atoms with Crippen molar-refractivity contribution in [2.24, 2.45) is 0 Å². The molecule has 3 heteroatoms. The molecule has 0 aliphatic rings. The zero-order valence-corrected chi connectivity index (χ0v) is 9.08. The maximum Gasteiger partial charge on any atom is 0.303 e. The monoisotopic (exact) mass is 208 g/mol. The second-order valence-electron chi connectivity index (χ2n) is 3.84. The van der Waals surface area contributed by atoms with Crippen molar-refractivity contribution in [2.75, 3.05) is 0 Å². The zero-order valence-electron chi connectivity index (χ0n) is 9.08. The van der Waals surface area contributed by atoms with Gasteiger partial charge in [0.25, 0.3) is 0 Å². The number of carboxylic acids is 1. The third kappa shape index (κ3) is 3.27. The summed E-state index contributed by atoms with van der Waals surface area (Å²) in [5, 5.41) is 18.2. The number of carbonyl (C=O) groups is 1. The third-order valence-electron chi connectivity index (χ3n) is 2.36. The van der Waals surface area contributed by atoms with E-state index in [1.54, 1.807) is 0 Å². The van der Waals surface area contributed by atoms with Crippen molar-refractivity contribution in [1.82, 2.24) is 0 Å². The summed E-state index contributed by atoms with van der Waals surface area (Å²) in [5.41, 5.74) is 2.78. The average Bonchev–Trinajstić information content (AvgIpc) is 2.12. The quantitative estimate of drug-likeness (QED) is 0.798. The van der Waals surface area contributed by atoms with E-state index < -0.39 is 5.97 Å². The van der Waals surface area contributed by atoms with Crippen molar-refractivity contribution in [3.8, 4) is 5.75 Å². The summed E-state index contributed by atoms with van der Waals surface area (Å²) >= 11 is 0. The summed E-state index contributed by atoms with van der Waals surface area (Å²) in [7, 11) is 0. The van der Waals surface area contributed by atoms with Crippen LogP contribution in [0.25, 0.3) is 0 Å². The van der Waals surface area contributed by atoms with E-state index >= 15 is 0 Å². The molecule has 0 saturated heterocycles. The van der Waals surface area contributed by atoms with Gasteiger partial charge in [-0.2, -0.15) is 0 Å². The number of rotatable bonds is 4. The molecule has 0 aromatic heterocycles. The van der Waals surface area contributed by atoms with Gasteiger partial charge in [0.05, 0.1) is 0 Å². The third-order valence-corrected chi connectivity index (χ3v) is 2.36. The Labute approximate surface area is 89.4 Å². The topological polar surface area (TPSA) is 57.5 Å². The molecule has 0 amide bonds. The van der Waals surface area contributed by atoms with Crippen molar-refractivity contribution in [3.63, 3.8) is 0 Å². The van der Waals surface area contributed by atoms with Crippen LogP contribution in [0, 0.1) is 13.8 Å². The van der Waals surface area contributed by atoms with Crippen LogP contribution in [-0.2, 0) is 11.2 Å². The first-order valence-electron chi connectivity index (χ1n) is 5.01. The number of aryl methyl sites for hydroxylation is 3. The molecule has 0 unspecified atom stereocenters. The highest BCUT2D eigenvalue weighted by Gasteiger charge is 2.06. The Bertz CT molecular complexity index is 369. The number of phenolic OH excluding ortho intramolecular Hbond substituents is 1. The Hall–Kier alpha value is -1.51. The maximum absolute atomic E-state index is 10.3. The Balaban J connectivity index is 2.72. The molecule has 0 radical (unpaired) electrons. The van der Waals surface area contributed by atoms with Gasteiger partial charge in [0.15, 0.2) is 0 Å². The summed E-state index contributed by atoms with van der Waals surface area (Å²) in [5.74, 6) is -0.496. The lowest BCUT2D eigenvalue weighted by Crippen LogP contribution is -1.97. The van der Waals surface area contributed by atoms with Crippen LogP contribution in [0.15, 0.2) is 12.1 Å². The van der Waals surface area contributed by atoms with Crippen molar-refractivity contribution in [1.29, 1.82) is 0 Å². The highest BCUT2D eigenvalue weighted by atomic mass is 16.4. The normalized spacial score (nSPS) is 10.3. The van der Waals surface area contributed by atoms with Crippen LogP contribution < -0.4 is 0 Å². The van der Waals surface area contributed by atoms with Gasteiger partial charge < -0.3 is 10.2 Å². The molecule has 3 nitrogen and oxygen atoms in total. The second-order valence-corrected chi connectivity index (χ2v) is 3.84. The first kappa shape index (κ1) is 11.6. The van der Waals surface area contributed by atoms with Crippen LogP contribution in [0.5, 0.6) is 5.75 Å². The van der Waals surface area contributed by atoms with Gasteiger partial charge in [0.2, 0.25) is 0 Å². The summed E-state index contributed by atoms with van der Waals surface area (Å²) in [4.78, 5) is 10.3. The molecule has 1 aromatic carbocycles. The van der Waals surface area contributed by atoms with Gasteiger partial charge in [-0.1, -0.05) is 17.7 Å². The van der Waals surface area contributed by atoms with E-state index in [9.17, 15) is 9.90 Å². The summed E-state index contributed by atoms with van der Waals surface area (Å²) in [6.07, 6.45) is 1.32. The second kappa shape index (κ2) is 4.82. The van der Waals surface area contributed by atoms with Gasteiger partial charge in [-0.05, 0) is 37.8 Å². The van der Waals surface area contributed by atoms with E-state index in [0.717, 1.165) is 16.7 Å². The molecule has 0 atom stereocenters. The van der Waals surface area contributed by atoms with E-state index in [2.05, 4.69) is 0 Å². The molecule has 15 heavy (non-hydrogen) atoms. The minimum absolute atomic E-state index is 0.145. The highest BCUT2D eigenvalue weighted by Crippen LogP contribution is 2.25. The van der Waals surface area contributed by atoms with Gasteiger partial charge in [-0.3, -0.25) is 4.79 Å². The van der Waals surface area contributed by atoms with Crippen molar-refractivity contribution in [2.45, 2.75) is 33.1 Å². The summed E-state index contributed by atoms with van der Waals surface area (Å²) in [6.45, 7) is 3.82. The van der Waals surface area contributed by atoms with Crippen LogP contribution >= 0.6 is 0 Å². The molecule has 0 heterocycles. The molecular weight excluding hydrogens is 192 g/mol. The van der Waals surface area contributed by atoms with E-state index in [1.807, 2.05) is 26.0 Å². The lowest BCUT2D eigenvalue weighted by atomic mass is 10.0. The van der Waals surface area contributed by atoms with Crippen molar-refractivity contribution in [3.05, 3.63) is 28.8 Å². The molecule has 1 rings (SSSR count). The van der Waals surface area contributed by atoms with Gasteiger partial charge >= 0.3 is 5.97 Å². The minimum Gasteiger partial charge on any atom is -0.507 e. The molecule has 0 aliphatic carbocycles. The summed E-state index contributed by atoms with van der Waals surface area (Å²) in [6, 6.07) is 3.82. The Morgan fingerprint density at radius 1 is 1.33 bits per heavy atom. The molecule has 0 aliphatic heterocycles. The number of hydrogen-bond acceptors (Lipinski definition) is 2. The van der Waals surface area contributed by atoms with Gasteiger partial charge in [0.1, 0.15) is 5.75 Å². The fourth-order valence-electron chi connectivity index (χ4n) is 1.67. The smallest absolute Gasteiger partial charge is 0.303 e. The molecule has 82 valence electrons. The average molecular weight is 208 g/mol. The van der Waals surface area contributed by atoms with E-state index in [-0.39, 0.29) is 6.42 Å². The Morgan fingerprint density at radius 3 is 2.60 bits per heavy atom. The minimum atomic E-state index is -0.793. The number of carboxylic acid groups (broad SMARTS) is 1. The lowest BCUT2D eigenvalue weighted by molar-refractivity contribution is -0.137. The molecular formula is C12H16O3. The van der Waals surface area contributed by atoms with Gasteiger partial charge in [0, 0.05) is 6.42 Å². The van der Waals surface area contributed by atoms with Crippen LogP contribution in [0.4, 0.5) is 0 Å². The van der Waals surface area contributed by atoms with Gasteiger partial charge in [-0.15, -0.1) is 0 Å². The molecule has 1 aromatic rings. The fraction of sp³-hybridized carbons (Fsp3) is 0.417. The van der Waals surface area contributed by atoms with E-state index in [1.165, 1.54) is 0 Å². The fourth-order valence-corrected chi connectivity index (χ4v) is 1.67. The highest BCUT2D eigenvalue weighted by molar-refractivity contribution is 5.66. The van der Waals surface area contributed by atoms with Crippen LogP contribution in [0.2, 0.25) is 0 Å². The maximum atomic E-state index is 10.3. The molecule has 0 saturated carbocycles. The number of aliphatic carboxylic acids is 1. The first-order valence-corrected chi connectivity index (χ1v) is 5.01. The SMILES string of the molecule is Cc1cc(C)c(O)c(CCCC(=O)O)c1. The number of aromatic hydroxyl groups is 1. The standard InChI is InChI=1S/C12H16O3/c1-8-6-9(2)12(15)10(7-8)4-3-5-11(13)14/h6-7,15H,3-5H2,1-2H3,(H,13,14). The van der Waals surface area contributed by atoms with E-state index in [4.69, 9.17) is 5.11 Å². The predicted molar refractivity (Wildman–Crippen MR) is 58.2 cm³/mol. The van der Waals surface area contributed by atoms with E-state index in [0.29, 0.717) is 18.6 Å². The summed E-state index contributed by atoms with van der Waals surface area (Å²) < 4.78 is 0. The number of benzene rings is 1. The first-order chi connectivity index (χ1) is 7.00. The predicted octanol–water partition coefficient (Wildman–Crippen LogP) is 2.42. The van der Waals surface area contributed by atoms with Crippen LogP contribution in [0.3, 0.4) is 0 Å². The van der Waals surface area contributed by atoms with Crippen molar-refractivity contribution >= 4 is 5.97 Å².